The lowest BCUT2D eigenvalue weighted by molar-refractivity contribution is -0.121. The molecule has 0 radical (unpaired) electrons. The smallest absolute Gasteiger partial charge is 0.243 e. The molecular formula is C21H28N2O5S. The van der Waals surface area contributed by atoms with Gasteiger partial charge in [-0.15, -0.1) is 0 Å². The summed E-state index contributed by atoms with van der Waals surface area (Å²) >= 11 is 0. The molecule has 8 heteroatoms. The van der Waals surface area contributed by atoms with E-state index in [-0.39, 0.29) is 13.2 Å². The van der Waals surface area contributed by atoms with E-state index in [0.717, 1.165) is 27.4 Å². The minimum Gasteiger partial charge on any atom is -0.497 e. The molecular weight excluding hydrogens is 392 g/mol. The van der Waals surface area contributed by atoms with Crippen molar-refractivity contribution in [2.24, 2.45) is 0 Å². The van der Waals surface area contributed by atoms with Gasteiger partial charge in [0.05, 0.1) is 25.6 Å². The number of sulfonamides is 1. The van der Waals surface area contributed by atoms with Gasteiger partial charge in [0.25, 0.3) is 0 Å². The maximum absolute atomic E-state index is 12.6. The van der Waals surface area contributed by atoms with Crippen LogP contribution in [0, 0.1) is 13.8 Å². The first-order valence-electron chi connectivity index (χ1n) is 9.24. The summed E-state index contributed by atoms with van der Waals surface area (Å²) in [5.74, 6) is 0.987. The Morgan fingerprint density at radius 1 is 1.07 bits per heavy atom. The van der Waals surface area contributed by atoms with Crippen LogP contribution < -0.4 is 19.1 Å². The van der Waals surface area contributed by atoms with Crippen LogP contribution in [-0.4, -0.2) is 46.9 Å². The van der Waals surface area contributed by atoms with Crippen LogP contribution in [0.2, 0.25) is 0 Å². The molecule has 0 bridgehead atoms. The predicted octanol–water partition coefficient (Wildman–Crippen LogP) is 2.66. The Bertz CT molecular complexity index is 922. The highest BCUT2D eigenvalue weighted by molar-refractivity contribution is 7.92. The van der Waals surface area contributed by atoms with Crippen molar-refractivity contribution >= 4 is 21.6 Å². The van der Waals surface area contributed by atoms with Crippen LogP contribution in [0.15, 0.2) is 42.5 Å². The number of anilines is 1. The highest BCUT2D eigenvalue weighted by Gasteiger charge is 2.29. The number of nitrogens with one attached hydrogen (secondary N) is 1. The summed E-state index contributed by atoms with van der Waals surface area (Å²) in [6.07, 6.45) is 1.10. The zero-order chi connectivity index (χ0) is 21.6. The second-order valence-corrected chi connectivity index (χ2v) is 8.76. The Hall–Kier alpha value is -2.74. The van der Waals surface area contributed by atoms with Gasteiger partial charge < -0.3 is 14.8 Å². The minimum atomic E-state index is -3.65. The molecule has 0 fully saturated rings. The van der Waals surface area contributed by atoms with Crippen molar-refractivity contribution in [3.8, 4) is 11.5 Å². The van der Waals surface area contributed by atoms with E-state index in [4.69, 9.17) is 9.47 Å². The predicted molar refractivity (Wildman–Crippen MR) is 114 cm³/mol. The number of methoxy groups -OCH3 is 1. The topological polar surface area (TPSA) is 84.9 Å². The number of carbonyl (C=O) groups excluding carboxylic acids is 1. The van der Waals surface area contributed by atoms with E-state index in [2.05, 4.69) is 5.32 Å². The van der Waals surface area contributed by atoms with E-state index >= 15 is 0 Å². The monoisotopic (exact) mass is 420 g/mol. The summed E-state index contributed by atoms with van der Waals surface area (Å²) in [6.45, 7) is 5.85. The molecule has 2 aromatic rings. The average Bonchev–Trinajstić information content (AvgIpc) is 2.63. The van der Waals surface area contributed by atoms with E-state index in [1.165, 1.54) is 0 Å². The molecule has 2 aromatic carbocycles. The van der Waals surface area contributed by atoms with Gasteiger partial charge in [0.1, 0.15) is 24.1 Å². The van der Waals surface area contributed by atoms with E-state index < -0.39 is 22.0 Å². The zero-order valence-corrected chi connectivity index (χ0v) is 18.2. The van der Waals surface area contributed by atoms with Gasteiger partial charge in [-0.1, -0.05) is 6.07 Å². The van der Waals surface area contributed by atoms with E-state index in [1.807, 2.05) is 19.9 Å². The third-order valence-corrected chi connectivity index (χ3v) is 5.52. The lowest BCUT2D eigenvalue weighted by Gasteiger charge is -2.28. The van der Waals surface area contributed by atoms with Crippen LogP contribution in [0.3, 0.4) is 0 Å². The van der Waals surface area contributed by atoms with Crippen molar-refractivity contribution in [3.63, 3.8) is 0 Å². The fourth-order valence-corrected chi connectivity index (χ4v) is 4.21. The van der Waals surface area contributed by atoms with Crippen molar-refractivity contribution in [1.82, 2.24) is 5.32 Å². The van der Waals surface area contributed by atoms with E-state index in [0.29, 0.717) is 11.4 Å². The molecule has 0 aliphatic rings. The van der Waals surface area contributed by atoms with E-state index in [9.17, 15) is 13.2 Å². The fourth-order valence-electron chi connectivity index (χ4n) is 3.05. The normalized spacial score (nSPS) is 12.2. The molecule has 0 aliphatic carbocycles. The molecule has 2 rings (SSSR count). The average molecular weight is 421 g/mol. The first kappa shape index (κ1) is 22.5. The first-order chi connectivity index (χ1) is 13.6. The molecule has 7 nitrogen and oxygen atoms in total. The number of ether oxygens (including phenoxy) is 2. The molecule has 0 saturated carbocycles. The van der Waals surface area contributed by atoms with Crippen molar-refractivity contribution in [2.75, 3.05) is 30.8 Å². The number of carbonyl (C=O) groups is 1. The summed E-state index contributed by atoms with van der Waals surface area (Å²) in [7, 11) is -2.06. The molecule has 1 amide bonds. The molecule has 0 aliphatic heterocycles. The van der Waals surface area contributed by atoms with Gasteiger partial charge >= 0.3 is 0 Å². The maximum Gasteiger partial charge on any atom is 0.243 e. The van der Waals surface area contributed by atoms with Gasteiger partial charge in [0.2, 0.25) is 15.9 Å². The molecule has 0 unspecified atom stereocenters. The quantitative estimate of drug-likeness (QED) is 0.631. The summed E-state index contributed by atoms with van der Waals surface area (Å²) in [5, 5.41) is 2.73. The van der Waals surface area contributed by atoms with Gasteiger partial charge in [-0.3, -0.25) is 9.10 Å². The number of aryl methyl sites for hydroxylation is 2. The first-order valence-corrected chi connectivity index (χ1v) is 11.1. The SMILES string of the molecule is COc1ccc(OCCNC(=O)[C@H](C)N(c2cc(C)cc(C)c2)S(C)(=O)=O)cc1. The van der Waals surface area contributed by atoms with Gasteiger partial charge in [-0.05, 0) is 68.3 Å². The van der Waals surface area contributed by atoms with Crippen molar-refractivity contribution in [3.05, 3.63) is 53.6 Å². The second kappa shape index (κ2) is 9.65. The summed E-state index contributed by atoms with van der Waals surface area (Å²) in [5.41, 5.74) is 2.32. The largest absolute Gasteiger partial charge is 0.497 e. The third kappa shape index (κ3) is 6.39. The Morgan fingerprint density at radius 2 is 1.62 bits per heavy atom. The van der Waals surface area contributed by atoms with Gasteiger partial charge in [0, 0.05) is 0 Å². The highest BCUT2D eigenvalue weighted by atomic mass is 32.2. The molecule has 1 N–H and O–H groups in total. The van der Waals surface area contributed by atoms with Crippen LogP contribution >= 0.6 is 0 Å². The van der Waals surface area contributed by atoms with Gasteiger partial charge in [-0.2, -0.15) is 0 Å². The molecule has 0 saturated heterocycles. The summed E-state index contributed by atoms with van der Waals surface area (Å²) in [6, 6.07) is 11.7. The Balaban J connectivity index is 1.99. The molecule has 0 aromatic heterocycles. The number of nitrogens with zero attached hydrogens (tertiary/aromatic N) is 1. The second-order valence-electron chi connectivity index (χ2n) is 6.90. The molecule has 29 heavy (non-hydrogen) atoms. The Kier molecular flexibility index (Phi) is 7.50. The van der Waals surface area contributed by atoms with Gasteiger partial charge in [0.15, 0.2) is 0 Å². The molecule has 158 valence electrons. The van der Waals surface area contributed by atoms with Crippen LogP contribution in [0.1, 0.15) is 18.1 Å². The fraction of sp³-hybridized carbons (Fsp3) is 0.381. The molecule has 1 atom stereocenters. The van der Waals surface area contributed by atoms with Crippen molar-refractivity contribution in [1.29, 1.82) is 0 Å². The lowest BCUT2D eigenvalue weighted by atomic mass is 10.1. The number of hydrogen-bond acceptors (Lipinski definition) is 5. The minimum absolute atomic E-state index is 0.250. The Morgan fingerprint density at radius 3 is 2.14 bits per heavy atom. The zero-order valence-electron chi connectivity index (χ0n) is 17.4. The van der Waals surface area contributed by atoms with Crippen LogP contribution in [0.5, 0.6) is 11.5 Å². The standard InChI is InChI=1S/C21H28N2O5S/c1-15-12-16(2)14-18(13-15)23(29(5,25)26)17(3)21(24)22-10-11-28-20-8-6-19(27-4)7-9-20/h6-9,12-14,17H,10-11H2,1-5H3,(H,22,24)/t17-/m0/s1. The highest BCUT2D eigenvalue weighted by Crippen LogP contribution is 2.24. The maximum atomic E-state index is 12.6. The van der Waals surface area contributed by atoms with Crippen LogP contribution in [-0.2, 0) is 14.8 Å². The number of rotatable bonds is 9. The molecule has 0 heterocycles. The van der Waals surface area contributed by atoms with Crippen LogP contribution in [0.25, 0.3) is 0 Å². The third-order valence-electron chi connectivity index (χ3n) is 4.28. The number of hydrogen-bond donors (Lipinski definition) is 1. The van der Waals surface area contributed by atoms with Crippen LogP contribution in [0.4, 0.5) is 5.69 Å². The number of amides is 1. The summed E-state index contributed by atoms with van der Waals surface area (Å²) in [4.78, 5) is 12.6. The van der Waals surface area contributed by atoms with E-state index in [1.54, 1.807) is 50.4 Å². The lowest BCUT2D eigenvalue weighted by Crippen LogP contribution is -2.48. The number of benzene rings is 2. The molecule has 0 spiro atoms. The van der Waals surface area contributed by atoms with Crippen molar-refractivity contribution < 1.29 is 22.7 Å². The Labute approximate surface area is 172 Å². The van der Waals surface area contributed by atoms with Crippen molar-refractivity contribution in [2.45, 2.75) is 26.8 Å². The summed E-state index contributed by atoms with van der Waals surface area (Å²) < 4.78 is 36.6. The van der Waals surface area contributed by atoms with Gasteiger partial charge in [-0.25, -0.2) is 8.42 Å².